The maximum absolute atomic E-state index is 11.3. The van der Waals surface area contributed by atoms with E-state index < -0.39 is 0 Å². The predicted molar refractivity (Wildman–Crippen MR) is 68.1 cm³/mol. The minimum absolute atomic E-state index is 0.109. The monoisotopic (exact) mass is 245 g/mol. The van der Waals surface area contributed by atoms with E-state index >= 15 is 0 Å². The van der Waals surface area contributed by atoms with Crippen LogP contribution in [0.15, 0.2) is 18.2 Å². The number of carbonyl (C=O) groups is 2. The Labute approximate surface area is 106 Å². The fourth-order valence-corrected chi connectivity index (χ4v) is 1.36. The second-order valence-corrected chi connectivity index (χ2v) is 3.73. The number of esters is 1. The molecule has 1 aromatic rings. The van der Waals surface area contributed by atoms with Gasteiger partial charge in [-0.05, 0) is 30.7 Å². The molecule has 0 aliphatic heterocycles. The minimum atomic E-state index is -0.365. The average molecular weight is 245 g/mol. The average Bonchev–Trinajstić information content (AvgIpc) is 2.34. The topological polar surface area (TPSA) is 55.4 Å². The van der Waals surface area contributed by atoms with Crippen LogP contribution in [0.25, 0.3) is 0 Å². The zero-order valence-electron chi connectivity index (χ0n) is 10.7. The van der Waals surface area contributed by atoms with Gasteiger partial charge in [-0.1, -0.05) is 11.8 Å². The van der Waals surface area contributed by atoms with Gasteiger partial charge in [0.1, 0.15) is 0 Å². The van der Waals surface area contributed by atoms with Gasteiger partial charge in [-0.15, -0.1) is 0 Å². The molecule has 1 N–H and O–H groups in total. The quantitative estimate of drug-likeness (QED) is 0.630. The molecule has 1 amide bonds. The van der Waals surface area contributed by atoms with Gasteiger partial charge in [0.15, 0.2) is 0 Å². The Morgan fingerprint density at radius 2 is 2.11 bits per heavy atom. The molecule has 0 aromatic heterocycles. The van der Waals surface area contributed by atoms with Gasteiger partial charge in [0.25, 0.3) is 0 Å². The second kappa shape index (κ2) is 6.45. The summed E-state index contributed by atoms with van der Waals surface area (Å²) < 4.78 is 4.63. The summed E-state index contributed by atoms with van der Waals surface area (Å²) in [6.07, 6.45) is 0. The van der Waals surface area contributed by atoms with Gasteiger partial charge in [-0.25, -0.2) is 4.79 Å². The largest absolute Gasteiger partial charge is 0.465 e. The third-order valence-electron chi connectivity index (χ3n) is 2.30. The fraction of sp³-hybridized carbons (Fsp3) is 0.286. The third kappa shape index (κ3) is 3.95. The number of hydrogen-bond donors (Lipinski definition) is 1. The van der Waals surface area contributed by atoms with E-state index in [0.29, 0.717) is 12.1 Å². The van der Waals surface area contributed by atoms with Crippen LogP contribution in [0.4, 0.5) is 0 Å². The van der Waals surface area contributed by atoms with Crippen LogP contribution in [0.5, 0.6) is 0 Å². The molecule has 0 spiro atoms. The molecule has 0 aliphatic rings. The molecule has 0 aliphatic carbocycles. The minimum Gasteiger partial charge on any atom is -0.465 e. The summed E-state index contributed by atoms with van der Waals surface area (Å²) in [5.74, 6) is 5.30. The standard InChI is InChI=1S/C14H15NO3/c1-10-9-13(14(17)18-3)7-6-12(10)5-4-8-15-11(2)16/h6-7,9H,8H2,1-3H3,(H,15,16). The van der Waals surface area contributed by atoms with Crippen LogP contribution in [0, 0.1) is 18.8 Å². The maximum atomic E-state index is 11.3. The molecule has 94 valence electrons. The molecule has 0 unspecified atom stereocenters. The molecule has 0 fully saturated rings. The first-order valence-electron chi connectivity index (χ1n) is 5.47. The Balaban J connectivity index is 2.79. The van der Waals surface area contributed by atoms with E-state index in [0.717, 1.165) is 11.1 Å². The van der Waals surface area contributed by atoms with E-state index in [1.54, 1.807) is 18.2 Å². The van der Waals surface area contributed by atoms with Crippen LogP contribution in [0.3, 0.4) is 0 Å². The zero-order chi connectivity index (χ0) is 13.5. The van der Waals surface area contributed by atoms with Crippen molar-refractivity contribution in [3.05, 3.63) is 34.9 Å². The van der Waals surface area contributed by atoms with Crippen LogP contribution in [-0.2, 0) is 9.53 Å². The van der Waals surface area contributed by atoms with Gasteiger partial charge in [0.2, 0.25) is 5.91 Å². The predicted octanol–water partition coefficient (Wildman–Crippen LogP) is 1.27. The van der Waals surface area contributed by atoms with Crippen molar-refractivity contribution in [1.29, 1.82) is 0 Å². The molecule has 0 heterocycles. The van der Waals surface area contributed by atoms with Crippen LogP contribution >= 0.6 is 0 Å². The summed E-state index contributed by atoms with van der Waals surface area (Å²) in [6.45, 7) is 3.63. The van der Waals surface area contributed by atoms with Crippen LogP contribution in [-0.4, -0.2) is 25.5 Å². The lowest BCUT2D eigenvalue weighted by Gasteiger charge is -2.02. The number of nitrogens with one attached hydrogen (secondary N) is 1. The Kier molecular flexibility index (Phi) is 4.94. The van der Waals surface area contributed by atoms with E-state index in [2.05, 4.69) is 21.9 Å². The molecule has 0 radical (unpaired) electrons. The molecular formula is C14H15NO3. The highest BCUT2D eigenvalue weighted by atomic mass is 16.5. The Morgan fingerprint density at radius 1 is 1.39 bits per heavy atom. The van der Waals surface area contributed by atoms with Crippen molar-refractivity contribution >= 4 is 11.9 Å². The first-order chi connectivity index (χ1) is 8.54. The van der Waals surface area contributed by atoms with Crippen molar-refractivity contribution in [3.63, 3.8) is 0 Å². The molecule has 0 saturated carbocycles. The molecule has 1 rings (SSSR count). The summed E-state index contributed by atoms with van der Waals surface area (Å²) >= 11 is 0. The van der Waals surface area contributed by atoms with Gasteiger partial charge in [-0.3, -0.25) is 4.79 Å². The highest BCUT2D eigenvalue weighted by molar-refractivity contribution is 5.89. The smallest absolute Gasteiger partial charge is 0.337 e. The highest BCUT2D eigenvalue weighted by Gasteiger charge is 2.06. The van der Waals surface area contributed by atoms with Crippen molar-refractivity contribution in [3.8, 4) is 11.8 Å². The number of rotatable bonds is 2. The number of methoxy groups -OCH3 is 1. The fourth-order valence-electron chi connectivity index (χ4n) is 1.36. The van der Waals surface area contributed by atoms with Crippen molar-refractivity contribution in [2.24, 2.45) is 0 Å². The molecule has 0 bridgehead atoms. The highest BCUT2D eigenvalue weighted by Crippen LogP contribution is 2.10. The first kappa shape index (κ1) is 13.8. The van der Waals surface area contributed by atoms with Crippen LogP contribution in [0.1, 0.15) is 28.4 Å². The number of carbonyl (C=O) groups excluding carboxylic acids is 2. The summed E-state index contributed by atoms with van der Waals surface area (Å²) in [6, 6.07) is 5.16. The van der Waals surface area contributed by atoms with E-state index in [4.69, 9.17) is 0 Å². The van der Waals surface area contributed by atoms with Crippen molar-refractivity contribution in [1.82, 2.24) is 5.32 Å². The van der Waals surface area contributed by atoms with Gasteiger partial charge >= 0.3 is 5.97 Å². The normalized spacial score (nSPS) is 9.06. The number of amides is 1. The first-order valence-corrected chi connectivity index (χ1v) is 5.47. The Bertz CT molecular complexity index is 524. The third-order valence-corrected chi connectivity index (χ3v) is 2.30. The summed E-state index contributed by atoms with van der Waals surface area (Å²) in [5, 5.41) is 2.59. The maximum Gasteiger partial charge on any atom is 0.337 e. The Hall–Kier alpha value is -2.28. The van der Waals surface area contributed by atoms with Crippen molar-refractivity contribution in [2.75, 3.05) is 13.7 Å². The van der Waals surface area contributed by atoms with Crippen LogP contribution < -0.4 is 5.32 Å². The van der Waals surface area contributed by atoms with E-state index in [-0.39, 0.29) is 11.9 Å². The van der Waals surface area contributed by atoms with E-state index in [9.17, 15) is 9.59 Å². The second-order valence-electron chi connectivity index (χ2n) is 3.73. The lowest BCUT2D eigenvalue weighted by Crippen LogP contribution is -2.19. The van der Waals surface area contributed by atoms with Gasteiger partial charge in [0, 0.05) is 12.5 Å². The number of aryl methyl sites for hydroxylation is 1. The van der Waals surface area contributed by atoms with E-state index in [1.165, 1.54) is 14.0 Å². The summed E-state index contributed by atoms with van der Waals surface area (Å²) in [5.41, 5.74) is 2.23. The van der Waals surface area contributed by atoms with Gasteiger partial charge < -0.3 is 10.1 Å². The van der Waals surface area contributed by atoms with Crippen LogP contribution in [0.2, 0.25) is 0 Å². The van der Waals surface area contributed by atoms with Gasteiger partial charge in [0.05, 0.1) is 19.2 Å². The van der Waals surface area contributed by atoms with Crippen molar-refractivity contribution < 1.29 is 14.3 Å². The van der Waals surface area contributed by atoms with Crippen molar-refractivity contribution in [2.45, 2.75) is 13.8 Å². The molecule has 0 saturated heterocycles. The number of benzene rings is 1. The number of hydrogen-bond acceptors (Lipinski definition) is 3. The lowest BCUT2D eigenvalue weighted by atomic mass is 10.1. The molecule has 1 aromatic carbocycles. The SMILES string of the molecule is COC(=O)c1ccc(C#CCNC(C)=O)c(C)c1. The lowest BCUT2D eigenvalue weighted by molar-refractivity contribution is -0.118. The number of ether oxygens (including phenoxy) is 1. The molecule has 18 heavy (non-hydrogen) atoms. The molecule has 4 heteroatoms. The molecular weight excluding hydrogens is 230 g/mol. The Morgan fingerprint density at radius 3 is 2.67 bits per heavy atom. The summed E-state index contributed by atoms with van der Waals surface area (Å²) in [7, 11) is 1.35. The zero-order valence-corrected chi connectivity index (χ0v) is 10.7. The molecule has 4 nitrogen and oxygen atoms in total. The van der Waals surface area contributed by atoms with Gasteiger partial charge in [-0.2, -0.15) is 0 Å². The summed E-state index contributed by atoms with van der Waals surface area (Å²) in [4.78, 5) is 22.0. The van der Waals surface area contributed by atoms with E-state index in [1.807, 2.05) is 6.92 Å². The molecule has 0 atom stereocenters.